The first kappa shape index (κ1) is 22.4. The van der Waals surface area contributed by atoms with E-state index in [4.69, 9.17) is 4.74 Å². The third kappa shape index (κ3) is 4.01. The number of ether oxygens (including phenoxy) is 1. The van der Waals surface area contributed by atoms with Crippen LogP contribution in [0.4, 0.5) is 13.2 Å². The van der Waals surface area contributed by atoms with Crippen molar-refractivity contribution in [2.45, 2.75) is 56.8 Å². The van der Waals surface area contributed by atoms with Crippen LogP contribution < -0.4 is 10.2 Å². The largest absolute Gasteiger partial charge is 0.493 e. The molecule has 2 aromatic carbocycles. The lowest BCUT2D eigenvalue weighted by molar-refractivity contribution is -0.271. The smallest absolute Gasteiger partial charge is 0.418 e. The molecule has 1 aromatic heterocycles. The predicted octanol–water partition coefficient (Wildman–Crippen LogP) is 4.99. The van der Waals surface area contributed by atoms with Gasteiger partial charge in [-0.15, -0.1) is 0 Å². The lowest BCUT2D eigenvalue weighted by Gasteiger charge is -2.39. The predicted molar refractivity (Wildman–Crippen MR) is 117 cm³/mol. The van der Waals surface area contributed by atoms with E-state index >= 15 is 0 Å². The Morgan fingerprint density at radius 2 is 1.81 bits per heavy atom. The summed E-state index contributed by atoms with van der Waals surface area (Å²) in [6.45, 7) is 3.19. The molecule has 0 fully saturated rings. The van der Waals surface area contributed by atoms with Gasteiger partial charge in [-0.2, -0.15) is 13.2 Å². The average molecular weight is 445 g/mol. The third-order valence-corrected chi connectivity index (χ3v) is 6.24. The van der Waals surface area contributed by atoms with Crippen molar-refractivity contribution in [2.24, 2.45) is 0 Å². The van der Waals surface area contributed by atoms with Crippen LogP contribution in [0.25, 0.3) is 10.9 Å². The van der Waals surface area contributed by atoms with Gasteiger partial charge in [0.2, 0.25) is 0 Å². The highest BCUT2D eigenvalue weighted by Crippen LogP contribution is 2.45. The summed E-state index contributed by atoms with van der Waals surface area (Å²) in [5, 5.41) is 11.4. The van der Waals surface area contributed by atoms with Crippen LogP contribution in [0.2, 0.25) is 0 Å². The van der Waals surface area contributed by atoms with E-state index in [-0.39, 0.29) is 5.43 Å². The second kappa shape index (κ2) is 7.96. The molecule has 32 heavy (non-hydrogen) atoms. The summed E-state index contributed by atoms with van der Waals surface area (Å²) in [5.74, 6) is 0.627. The summed E-state index contributed by atoms with van der Waals surface area (Å²) in [6.07, 6.45) is -2.47. The number of hydrogen-bond donors (Lipinski definition) is 1. The van der Waals surface area contributed by atoms with Crippen LogP contribution in [0, 0.1) is 0 Å². The van der Waals surface area contributed by atoms with Gasteiger partial charge in [0.1, 0.15) is 5.75 Å². The fourth-order valence-electron chi connectivity index (χ4n) is 4.67. The van der Waals surface area contributed by atoms with Gasteiger partial charge in [0.25, 0.3) is 0 Å². The number of halogens is 3. The number of aliphatic hydroxyl groups is 1. The Hall–Kier alpha value is -2.80. The van der Waals surface area contributed by atoms with Crippen molar-refractivity contribution < 1.29 is 23.0 Å². The molecule has 1 aliphatic heterocycles. The molecule has 0 saturated heterocycles. The molecule has 0 saturated carbocycles. The summed E-state index contributed by atoms with van der Waals surface area (Å²) in [5.41, 5.74) is -2.35. The molecule has 1 aliphatic rings. The number of rotatable bonds is 5. The van der Waals surface area contributed by atoms with Crippen LogP contribution in [0.3, 0.4) is 0 Å². The molecule has 4 rings (SSSR count). The van der Waals surface area contributed by atoms with Crippen LogP contribution in [0.5, 0.6) is 5.75 Å². The Labute approximate surface area is 184 Å². The van der Waals surface area contributed by atoms with Crippen molar-refractivity contribution in [2.75, 3.05) is 6.61 Å². The molecule has 1 atom stereocenters. The van der Waals surface area contributed by atoms with Crippen LogP contribution in [0.1, 0.15) is 37.8 Å². The Kier molecular flexibility index (Phi) is 5.57. The Bertz CT molecular complexity index is 1200. The normalized spacial score (nSPS) is 16.3. The van der Waals surface area contributed by atoms with Crippen molar-refractivity contribution in [3.8, 4) is 5.75 Å². The molecule has 0 spiro atoms. The van der Waals surface area contributed by atoms with E-state index in [0.29, 0.717) is 28.8 Å². The zero-order chi connectivity index (χ0) is 23.1. The lowest BCUT2D eigenvalue weighted by atomic mass is 9.73. The number of aryl methyl sites for hydroxylation is 1. The molecule has 0 radical (unpaired) electrons. The van der Waals surface area contributed by atoms with Crippen LogP contribution in [-0.2, 0) is 18.4 Å². The molecular weight excluding hydrogens is 419 g/mol. The number of pyridine rings is 1. The number of nitrogens with zero attached hydrogens (tertiary/aromatic N) is 1. The fraction of sp³-hybridized carbons (Fsp3) is 0.400. The average Bonchev–Trinajstić information content (AvgIpc) is 2.74. The molecule has 0 bridgehead atoms. The molecule has 1 unspecified atom stereocenters. The van der Waals surface area contributed by atoms with Crippen molar-refractivity contribution in [3.05, 3.63) is 76.1 Å². The summed E-state index contributed by atoms with van der Waals surface area (Å²) in [4.78, 5) is 12.1. The summed E-state index contributed by atoms with van der Waals surface area (Å²) in [7, 11) is 0. The quantitative estimate of drug-likeness (QED) is 0.602. The van der Waals surface area contributed by atoms with Crippen LogP contribution in [-0.4, -0.2) is 28.1 Å². The topological polar surface area (TPSA) is 51.5 Å². The maximum absolute atomic E-state index is 14.3. The monoisotopic (exact) mass is 445 g/mol. The minimum atomic E-state index is -4.88. The van der Waals surface area contributed by atoms with E-state index in [9.17, 15) is 23.1 Å². The first-order valence-corrected chi connectivity index (χ1v) is 10.6. The minimum absolute atomic E-state index is 0.277. The van der Waals surface area contributed by atoms with E-state index in [2.05, 4.69) is 0 Å². The van der Waals surface area contributed by atoms with Crippen LogP contribution in [0.15, 0.2) is 59.5 Å². The summed E-state index contributed by atoms with van der Waals surface area (Å²) in [6, 6.07) is 13.2. The van der Waals surface area contributed by atoms with Gasteiger partial charge in [-0.05, 0) is 42.4 Å². The number of hydrogen-bond acceptors (Lipinski definition) is 3. The molecule has 4 nitrogen and oxygen atoms in total. The molecule has 1 N–H and O–H groups in total. The summed E-state index contributed by atoms with van der Waals surface area (Å²) >= 11 is 0. The van der Waals surface area contributed by atoms with Gasteiger partial charge in [-0.3, -0.25) is 4.79 Å². The highest BCUT2D eigenvalue weighted by Gasteiger charge is 2.56. The Morgan fingerprint density at radius 3 is 2.56 bits per heavy atom. The number of benzene rings is 2. The zero-order valence-electron chi connectivity index (χ0n) is 18.1. The minimum Gasteiger partial charge on any atom is -0.493 e. The first-order chi connectivity index (χ1) is 15.0. The van der Waals surface area contributed by atoms with Gasteiger partial charge in [0.15, 0.2) is 11.0 Å². The Balaban J connectivity index is 1.75. The van der Waals surface area contributed by atoms with E-state index in [1.54, 1.807) is 44.2 Å². The van der Waals surface area contributed by atoms with Gasteiger partial charge < -0.3 is 14.4 Å². The summed E-state index contributed by atoms with van der Waals surface area (Å²) < 4.78 is 50.0. The SMILES string of the molecule is CC(C)(CC(O)(Cn1ccc(=O)c2ccccc21)C(F)(F)F)c1cccc2c1OCCC2. The number of fused-ring (bicyclic) bond motifs is 2. The highest BCUT2D eigenvalue weighted by molar-refractivity contribution is 5.78. The fourth-order valence-corrected chi connectivity index (χ4v) is 4.67. The molecule has 170 valence electrons. The standard InChI is InChI=1S/C25H26F3NO3/c1-23(2,19-10-5-7-17-8-6-14-32-22(17)19)15-24(31,25(26,27)28)16-29-13-12-21(30)18-9-3-4-11-20(18)29/h3-5,7,9-13,31H,6,8,14-16H2,1-2H3. The zero-order valence-corrected chi connectivity index (χ0v) is 18.1. The molecule has 0 aliphatic carbocycles. The third-order valence-electron chi connectivity index (χ3n) is 6.24. The van der Waals surface area contributed by atoms with E-state index < -0.39 is 30.2 Å². The number of alkyl halides is 3. The van der Waals surface area contributed by atoms with Crippen molar-refractivity contribution in [1.82, 2.24) is 4.57 Å². The van der Waals surface area contributed by atoms with Gasteiger partial charge in [-0.1, -0.05) is 44.2 Å². The van der Waals surface area contributed by atoms with E-state index in [1.165, 1.54) is 16.8 Å². The lowest BCUT2D eigenvalue weighted by Crippen LogP contribution is -2.52. The van der Waals surface area contributed by atoms with Crippen molar-refractivity contribution in [3.63, 3.8) is 0 Å². The van der Waals surface area contributed by atoms with Gasteiger partial charge in [0, 0.05) is 23.2 Å². The maximum Gasteiger partial charge on any atom is 0.418 e. The second-order valence-electron chi connectivity index (χ2n) is 9.16. The van der Waals surface area contributed by atoms with E-state index in [1.807, 2.05) is 12.1 Å². The van der Waals surface area contributed by atoms with Crippen molar-refractivity contribution >= 4 is 10.9 Å². The molecular formula is C25H26F3NO3. The van der Waals surface area contributed by atoms with E-state index in [0.717, 1.165) is 18.4 Å². The maximum atomic E-state index is 14.3. The number of aromatic nitrogens is 1. The Morgan fingerprint density at radius 1 is 1.06 bits per heavy atom. The second-order valence-corrected chi connectivity index (χ2v) is 9.16. The molecule has 0 amide bonds. The van der Waals surface area contributed by atoms with Gasteiger partial charge in [0.05, 0.1) is 18.7 Å². The highest BCUT2D eigenvalue weighted by atomic mass is 19.4. The van der Waals surface area contributed by atoms with Gasteiger partial charge in [-0.25, -0.2) is 0 Å². The molecule has 2 heterocycles. The van der Waals surface area contributed by atoms with Crippen LogP contribution >= 0.6 is 0 Å². The molecule has 3 aromatic rings. The van der Waals surface area contributed by atoms with Crippen molar-refractivity contribution in [1.29, 1.82) is 0 Å². The number of para-hydroxylation sites is 2. The first-order valence-electron chi connectivity index (χ1n) is 10.6. The van der Waals surface area contributed by atoms with Gasteiger partial charge >= 0.3 is 6.18 Å². The molecule has 7 heteroatoms.